The summed E-state index contributed by atoms with van der Waals surface area (Å²) in [6, 6.07) is 18.2. The van der Waals surface area contributed by atoms with E-state index in [2.05, 4.69) is 15.5 Å². The maximum Gasteiger partial charge on any atom is 0.322 e. The second kappa shape index (κ2) is 7.20. The third-order valence-corrected chi connectivity index (χ3v) is 4.19. The van der Waals surface area contributed by atoms with Gasteiger partial charge in [-0.1, -0.05) is 23.3 Å². The van der Waals surface area contributed by atoms with E-state index in [0.717, 1.165) is 11.3 Å². The molecule has 0 aliphatic carbocycles. The van der Waals surface area contributed by atoms with Gasteiger partial charge < -0.3 is 9.15 Å². The van der Waals surface area contributed by atoms with Crippen LogP contribution >= 0.6 is 11.3 Å². The number of benzene rings is 2. The maximum absolute atomic E-state index is 12.3. The molecule has 6 nitrogen and oxygen atoms in total. The summed E-state index contributed by atoms with van der Waals surface area (Å²) < 4.78 is 11.2. The first kappa shape index (κ1) is 16.0. The molecule has 0 spiro atoms. The number of anilines is 1. The summed E-state index contributed by atoms with van der Waals surface area (Å²) in [5.74, 6) is 1.41. The van der Waals surface area contributed by atoms with Gasteiger partial charge in [-0.25, -0.2) is 0 Å². The topological polar surface area (TPSA) is 77.3 Å². The van der Waals surface area contributed by atoms with Crippen molar-refractivity contribution in [1.82, 2.24) is 10.2 Å². The Balaban J connectivity index is 1.42. The standard InChI is InChI=1S/C19H13N3O3S/c23-17(20-19-22-21-18(25-19)14-10-11-26-12-14)13-6-8-16(9-7-13)24-15-4-2-1-3-5-15/h1-12H,(H,20,22,23). The number of amides is 1. The zero-order valence-electron chi connectivity index (χ0n) is 13.5. The van der Waals surface area contributed by atoms with Crippen molar-refractivity contribution in [3.8, 4) is 23.0 Å². The zero-order valence-corrected chi connectivity index (χ0v) is 14.3. The maximum atomic E-state index is 12.3. The van der Waals surface area contributed by atoms with Gasteiger partial charge in [-0.15, -0.1) is 5.10 Å². The summed E-state index contributed by atoms with van der Waals surface area (Å²) in [5.41, 5.74) is 1.28. The number of aromatic nitrogens is 2. The molecule has 4 aromatic rings. The number of ether oxygens (including phenoxy) is 1. The molecule has 7 heteroatoms. The van der Waals surface area contributed by atoms with E-state index in [9.17, 15) is 4.79 Å². The predicted molar refractivity (Wildman–Crippen MR) is 98.5 cm³/mol. The Labute approximate surface area is 153 Å². The summed E-state index contributed by atoms with van der Waals surface area (Å²) in [5, 5.41) is 14.2. The van der Waals surface area contributed by atoms with Crippen LogP contribution in [0.1, 0.15) is 10.4 Å². The molecule has 0 fully saturated rings. The molecule has 0 radical (unpaired) electrons. The van der Waals surface area contributed by atoms with Crippen molar-refractivity contribution >= 4 is 23.3 Å². The van der Waals surface area contributed by atoms with E-state index in [1.54, 1.807) is 24.3 Å². The lowest BCUT2D eigenvalue weighted by Crippen LogP contribution is -2.11. The molecular weight excluding hydrogens is 350 g/mol. The van der Waals surface area contributed by atoms with Gasteiger partial charge >= 0.3 is 6.01 Å². The van der Waals surface area contributed by atoms with Gasteiger partial charge in [0.05, 0.1) is 0 Å². The van der Waals surface area contributed by atoms with Crippen LogP contribution in [-0.4, -0.2) is 16.1 Å². The van der Waals surface area contributed by atoms with E-state index < -0.39 is 0 Å². The van der Waals surface area contributed by atoms with Gasteiger partial charge in [0, 0.05) is 16.5 Å². The van der Waals surface area contributed by atoms with Gasteiger partial charge in [-0.3, -0.25) is 10.1 Å². The lowest BCUT2D eigenvalue weighted by molar-refractivity contribution is 0.102. The third kappa shape index (κ3) is 3.62. The van der Waals surface area contributed by atoms with E-state index in [4.69, 9.17) is 9.15 Å². The molecule has 0 unspecified atom stereocenters. The Kier molecular flexibility index (Phi) is 4.44. The van der Waals surface area contributed by atoms with E-state index in [-0.39, 0.29) is 11.9 Å². The largest absolute Gasteiger partial charge is 0.457 e. The monoisotopic (exact) mass is 363 g/mol. The third-order valence-electron chi connectivity index (χ3n) is 3.51. The Bertz CT molecular complexity index is 996. The Morgan fingerprint density at radius 3 is 2.46 bits per heavy atom. The van der Waals surface area contributed by atoms with Crippen LogP contribution in [0, 0.1) is 0 Å². The average molecular weight is 363 g/mol. The van der Waals surface area contributed by atoms with Crippen LogP contribution in [-0.2, 0) is 0 Å². The number of thiophene rings is 1. The van der Waals surface area contributed by atoms with Gasteiger partial charge in [0.15, 0.2) is 0 Å². The van der Waals surface area contributed by atoms with Crippen molar-refractivity contribution in [1.29, 1.82) is 0 Å². The fourth-order valence-corrected chi connectivity index (χ4v) is 2.87. The summed E-state index contributed by atoms with van der Waals surface area (Å²) in [4.78, 5) is 12.3. The number of carbonyl (C=O) groups is 1. The smallest absolute Gasteiger partial charge is 0.322 e. The molecule has 4 rings (SSSR count). The highest BCUT2D eigenvalue weighted by molar-refractivity contribution is 7.08. The molecular formula is C19H13N3O3S. The molecule has 0 aliphatic heterocycles. The fourth-order valence-electron chi connectivity index (χ4n) is 2.24. The SMILES string of the molecule is O=C(Nc1nnc(-c2ccsc2)o1)c1ccc(Oc2ccccc2)cc1. The van der Waals surface area contributed by atoms with Crippen molar-refractivity contribution in [2.45, 2.75) is 0 Å². The molecule has 2 aromatic carbocycles. The van der Waals surface area contributed by atoms with Gasteiger partial charge in [-0.2, -0.15) is 11.3 Å². The molecule has 1 amide bonds. The van der Waals surface area contributed by atoms with Crippen molar-refractivity contribution in [3.05, 3.63) is 77.0 Å². The first-order valence-corrected chi connectivity index (χ1v) is 8.72. The van der Waals surface area contributed by atoms with Crippen LogP contribution in [0.4, 0.5) is 6.01 Å². The number of hydrogen-bond donors (Lipinski definition) is 1. The molecule has 1 N–H and O–H groups in total. The summed E-state index contributed by atoms with van der Waals surface area (Å²) in [7, 11) is 0. The molecule has 26 heavy (non-hydrogen) atoms. The molecule has 0 saturated heterocycles. The Morgan fingerprint density at radius 1 is 0.962 bits per heavy atom. The van der Waals surface area contributed by atoms with E-state index in [0.29, 0.717) is 17.2 Å². The number of carbonyl (C=O) groups excluding carboxylic acids is 1. The highest BCUT2D eigenvalue weighted by Crippen LogP contribution is 2.23. The van der Waals surface area contributed by atoms with E-state index in [1.807, 2.05) is 47.2 Å². The van der Waals surface area contributed by atoms with Gasteiger partial charge in [0.1, 0.15) is 11.5 Å². The number of hydrogen-bond acceptors (Lipinski definition) is 6. The summed E-state index contributed by atoms with van der Waals surface area (Å²) in [6.07, 6.45) is 0. The molecule has 0 atom stereocenters. The molecule has 128 valence electrons. The van der Waals surface area contributed by atoms with Crippen LogP contribution in [0.2, 0.25) is 0 Å². The Morgan fingerprint density at radius 2 is 1.73 bits per heavy atom. The number of nitrogens with zero attached hydrogens (tertiary/aromatic N) is 2. The number of para-hydroxylation sites is 1. The number of rotatable bonds is 5. The predicted octanol–water partition coefficient (Wildman–Crippen LogP) is 4.84. The summed E-state index contributed by atoms with van der Waals surface area (Å²) >= 11 is 1.53. The molecule has 0 saturated carbocycles. The van der Waals surface area contributed by atoms with Crippen LogP contribution in [0.15, 0.2) is 75.8 Å². The molecule has 0 aliphatic rings. The lowest BCUT2D eigenvalue weighted by Gasteiger charge is -2.06. The number of nitrogens with one attached hydrogen (secondary N) is 1. The van der Waals surface area contributed by atoms with Gasteiger partial charge in [0.25, 0.3) is 11.8 Å². The summed E-state index contributed by atoms with van der Waals surface area (Å²) in [6.45, 7) is 0. The zero-order chi connectivity index (χ0) is 17.8. The minimum Gasteiger partial charge on any atom is -0.457 e. The second-order valence-corrected chi connectivity index (χ2v) is 6.10. The minimum atomic E-state index is -0.336. The molecule has 2 aromatic heterocycles. The van der Waals surface area contributed by atoms with Crippen LogP contribution in [0.25, 0.3) is 11.5 Å². The first-order chi connectivity index (χ1) is 12.8. The first-order valence-electron chi connectivity index (χ1n) is 7.78. The van der Waals surface area contributed by atoms with Crippen molar-refractivity contribution in [2.75, 3.05) is 5.32 Å². The van der Waals surface area contributed by atoms with Gasteiger partial charge in [-0.05, 0) is 47.8 Å². The minimum absolute atomic E-state index is 0.0563. The average Bonchev–Trinajstić information content (AvgIpc) is 3.35. The van der Waals surface area contributed by atoms with E-state index >= 15 is 0 Å². The van der Waals surface area contributed by atoms with Crippen LogP contribution in [0.3, 0.4) is 0 Å². The van der Waals surface area contributed by atoms with Crippen molar-refractivity contribution < 1.29 is 13.9 Å². The van der Waals surface area contributed by atoms with Crippen LogP contribution in [0.5, 0.6) is 11.5 Å². The highest BCUT2D eigenvalue weighted by Gasteiger charge is 2.13. The second-order valence-electron chi connectivity index (χ2n) is 5.32. The van der Waals surface area contributed by atoms with E-state index in [1.165, 1.54) is 11.3 Å². The van der Waals surface area contributed by atoms with Crippen molar-refractivity contribution in [2.24, 2.45) is 0 Å². The molecule has 2 heterocycles. The van der Waals surface area contributed by atoms with Gasteiger partial charge in [0.2, 0.25) is 0 Å². The lowest BCUT2D eigenvalue weighted by atomic mass is 10.2. The Hall–Kier alpha value is -3.45. The van der Waals surface area contributed by atoms with Crippen molar-refractivity contribution in [3.63, 3.8) is 0 Å². The normalized spacial score (nSPS) is 10.5. The highest BCUT2D eigenvalue weighted by atomic mass is 32.1. The molecule has 0 bridgehead atoms. The van der Waals surface area contributed by atoms with Crippen LogP contribution < -0.4 is 10.1 Å². The quantitative estimate of drug-likeness (QED) is 0.549. The fraction of sp³-hybridized carbons (Fsp3) is 0.